The van der Waals surface area contributed by atoms with Gasteiger partial charge in [0.15, 0.2) is 11.5 Å². The van der Waals surface area contributed by atoms with Crippen molar-refractivity contribution in [3.8, 4) is 5.82 Å². The molecule has 1 aromatic carbocycles. The lowest BCUT2D eigenvalue weighted by Gasteiger charge is -2.24. The van der Waals surface area contributed by atoms with Gasteiger partial charge in [-0.2, -0.15) is 18.3 Å². The van der Waals surface area contributed by atoms with Crippen LogP contribution < -0.4 is 10.6 Å². The minimum Gasteiger partial charge on any atom is -0.371 e. The number of carbonyl (C=O) groups is 1. The average Bonchev–Trinajstić information content (AvgIpc) is 3.26. The molecule has 0 spiro atoms. The Hall–Kier alpha value is -3.38. The number of aromatic nitrogens is 4. The molecule has 2 N–H and O–H groups in total. The number of ether oxygens (including phenoxy) is 1. The van der Waals surface area contributed by atoms with Crippen LogP contribution in [0.4, 0.5) is 23.2 Å². The summed E-state index contributed by atoms with van der Waals surface area (Å²) in [7, 11) is 0. The molecule has 3 aromatic rings. The maximum Gasteiger partial charge on any atom is 0.434 e. The highest BCUT2D eigenvalue weighted by Crippen LogP contribution is 2.27. The molecule has 4 rings (SSSR count). The SMILES string of the molecule is O=C(Nc1ccc(C2CNCCO2)cc1F)c1cnn(-c2cncc(C(F)(F)F)n2)c1. The summed E-state index contributed by atoms with van der Waals surface area (Å²) >= 11 is 0. The summed E-state index contributed by atoms with van der Waals surface area (Å²) in [5.41, 5.74) is -0.601. The lowest BCUT2D eigenvalue weighted by molar-refractivity contribution is -0.141. The first-order chi connectivity index (χ1) is 14.8. The van der Waals surface area contributed by atoms with E-state index in [-0.39, 0.29) is 23.2 Å². The number of amides is 1. The second-order valence-corrected chi connectivity index (χ2v) is 6.69. The fourth-order valence-electron chi connectivity index (χ4n) is 2.97. The van der Waals surface area contributed by atoms with Crippen LogP contribution in [0, 0.1) is 5.82 Å². The molecule has 1 unspecified atom stereocenters. The van der Waals surface area contributed by atoms with Gasteiger partial charge in [0.1, 0.15) is 5.82 Å². The van der Waals surface area contributed by atoms with E-state index in [1.165, 1.54) is 18.3 Å². The van der Waals surface area contributed by atoms with Crippen molar-refractivity contribution in [3.05, 3.63) is 65.6 Å². The zero-order chi connectivity index (χ0) is 22.0. The first-order valence-corrected chi connectivity index (χ1v) is 9.18. The summed E-state index contributed by atoms with van der Waals surface area (Å²) < 4.78 is 59.4. The Morgan fingerprint density at radius 2 is 2.10 bits per heavy atom. The van der Waals surface area contributed by atoms with Crippen LogP contribution in [0.25, 0.3) is 5.82 Å². The highest BCUT2D eigenvalue weighted by atomic mass is 19.4. The zero-order valence-electron chi connectivity index (χ0n) is 15.9. The molecule has 0 bridgehead atoms. The molecule has 1 saturated heterocycles. The van der Waals surface area contributed by atoms with E-state index in [1.807, 2.05) is 0 Å². The standard InChI is InChI=1S/C19H16F4N6O2/c20-13-5-11(15-7-24-3-4-31-15)1-2-14(13)27-18(30)12-6-26-29(10-12)17-9-25-8-16(28-17)19(21,22)23/h1-2,5-6,8-10,15,24H,3-4,7H2,(H,27,30). The number of halogens is 4. The Balaban J connectivity index is 1.48. The van der Waals surface area contributed by atoms with Crippen molar-refractivity contribution >= 4 is 11.6 Å². The van der Waals surface area contributed by atoms with Crippen molar-refractivity contribution in [1.29, 1.82) is 0 Å². The smallest absolute Gasteiger partial charge is 0.371 e. The van der Waals surface area contributed by atoms with Crippen molar-refractivity contribution < 1.29 is 27.1 Å². The normalized spacial score (nSPS) is 16.8. The van der Waals surface area contributed by atoms with Gasteiger partial charge >= 0.3 is 6.18 Å². The van der Waals surface area contributed by atoms with Gasteiger partial charge in [-0.3, -0.25) is 9.78 Å². The number of alkyl halides is 3. The van der Waals surface area contributed by atoms with Gasteiger partial charge in [-0.05, 0) is 17.7 Å². The maximum absolute atomic E-state index is 14.5. The van der Waals surface area contributed by atoms with Crippen molar-refractivity contribution in [2.75, 3.05) is 25.0 Å². The summed E-state index contributed by atoms with van der Waals surface area (Å²) in [6.45, 7) is 1.81. The molecule has 1 aliphatic heterocycles. The Morgan fingerprint density at radius 1 is 1.26 bits per heavy atom. The molecule has 1 fully saturated rings. The molecule has 162 valence electrons. The molecule has 0 saturated carbocycles. The van der Waals surface area contributed by atoms with E-state index < -0.39 is 23.6 Å². The number of hydrogen-bond acceptors (Lipinski definition) is 6. The van der Waals surface area contributed by atoms with E-state index in [2.05, 4.69) is 25.7 Å². The number of benzene rings is 1. The summed E-state index contributed by atoms with van der Waals surface area (Å²) in [5, 5.41) is 9.41. The predicted molar refractivity (Wildman–Crippen MR) is 100 cm³/mol. The molecule has 12 heteroatoms. The lowest BCUT2D eigenvalue weighted by Crippen LogP contribution is -2.33. The Labute approximate surface area is 173 Å². The molecule has 31 heavy (non-hydrogen) atoms. The van der Waals surface area contributed by atoms with Gasteiger partial charge in [0, 0.05) is 19.3 Å². The summed E-state index contributed by atoms with van der Waals surface area (Å²) in [6, 6.07) is 4.36. The van der Waals surface area contributed by atoms with E-state index in [1.54, 1.807) is 6.07 Å². The highest BCUT2D eigenvalue weighted by Gasteiger charge is 2.33. The first kappa shape index (κ1) is 20.9. The average molecular weight is 436 g/mol. The zero-order valence-corrected chi connectivity index (χ0v) is 15.9. The van der Waals surface area contributed by atoms with Gasteiger partial charge in [-0.25, -0.2) is 14.1 Å². The second kappa shape index (κ2) is 8.40. The van der Waals surface area contributed by atoms with Crippen LogP contribution >= 0.6 is 0 Å². The van der Waals surface area contributed by atoms with Gasteiger partial charge in [0.25, 0.3) is 5.91 Å². The summed E-state index contributed by atoms with van der Waals surface area (Å²) in [4.78, 5) is 19.4. The Kier molecular flexibility index (Phi) is 5.65. The minimum absolute atomic E-state index is 0.00232. The molecule has 0 radical (unpaired) electrons. The van der Waals surface area contributed by atoms with Gasteiger partial charge in [0.05, 0.1) is 42.6 Å². The number of anilines is 1. The van der Waals surface area contributed by atoms with Crippen LogP contribution in [-0.4, -0.2) is 45.4 Å². The van der Waals surface area contributed by atoms with Crippen LogP contribution in [0.2, 0.25) is 0 Å². The summed E-state index contributed by atoms with van der Waals surface area (Å²) in [6.07, 6.45) is -0.983. The quantitative estimate of drug-likeness (QED) is 0.611. The minimum atomic E-state index is -4.67. The predicted octanol–water partition coefficient (Wildman–Crippen LogP) is 2.73. The third-order valence-electron chi connectivity index (χ3n) is 4.53. The molecule has 1 amide bonds. The van der Waals surface area contributed by atoms with Crippen molar-refractivity contribution in [1.82, 2.24) is 25.1 Å². The van der Waals surface area contributed by atoms with Crippen LogP contribution in [0.5, 0.6) is 0 Å². The first-order valence-electron chi connectivity index (χ1n) is 9.18. The third-order valence-corrected chi connectivity index (χ3v) is 4.53. The topological polar surface area (TPSA) is 94.0 Å². The van der Waals surface area contributed by atoms with Crippen LogP contribution in [0.1, 0.15) is 27.7 Å². The van der Waals surface area contributed by atoms with Crippen molar-refractivity contribution in [2.24, 2.45) is 0 Å². The third kappa shape index (κ3) is 4.70. The second-order valence-electron chi connectivity index (χ2n) is 6.69. The van der Waals surface area contributed by atoms with Crippen molar-refractivity contribution in [3.63, 3.8) is 0 Å². The molecule has 0 aliphatic carbocycles. The number of hydrogen-bond donors (Lipinski definition) is 2. The Bertz CT molecular complexity index is 1090. The highest BCUT2D eigenvalue weighted by molar-refractivity contribution is 6.04. The summed E-state index contributed by atoms with van der Waals surface area (Å²) in [5.74, 6) is -1.55. The van der Waals surface area contributed by atoms with E-state index >= 15 is 0 Å². The number of rotatable bonds is 4. The van der Waals surface area contributed by atoms with E-state index in [0.717, 1.165) is 23.6 Å². The largest absolute Gasteiger partial charge is 0.434 e. The van der Waals surface area contributed by atoms with E-state index in [4.69, 9.17) is 4.74 Å². The molecule has 2 aromatic heterocycles. The number of nitrogens with one attached hydrogen (secondary N) is 2. The van der Waals surface area contributed by atoms with Gasteiger partial charge in [-0.1, -0.05) is 6.07 Å². The number of nitrogens with zero attached hydrogens (tertiary/aromatic N) is 4. The van der Waals surface area contributed by atoms with E-state index in [0.29, 0.717) is 24.9 Å². The number of morpholine rings is 1. The monoisotopic (exact) mass is 436 g/mol. The Morgan fingerprint density at radius 3 is 2.81 bits per heavy atom. The number of carbonyl (C=O) groups excluding carboxylic acids is 1. The molecule has 1 aliphatic rings. The van der Waals surface area contributed by atoms with Gasteiger partial charge < -0.3 is 15.4 Å². The van der Waals surface area contributed by atoms with Crippen LogP contribution in [0.3, 0.4) is 0 Å². The fourth-order valence-corrected chi connectivity index (χ4v) is 2.97. The van der Waals surface area contributed by atoms with Crippen LogP contribution in [0.15, 0.2) is 43.0 Å². The van der Waals surface area contributed by atoms with Crippen LogP contribution in [-0.2, 0) is 10.9 Å². The molecule has 8 nitrogen and oxygen atoms in total. The van der Waals surface area contributed by atoms with Crippen molar-refractivity contribution in [2.45, 2.75) is 12.3 Å². The van der Waals surface area contributed by atoms with E-state index in [9.17, 15) is 22.4 Å². The van der Waals surface area contributed by atoms with Gasteiger partial charge in [0.2, 0.25) is 0 Å². The molecule has 1 atom stereocenters. The van der Waals surface area contributed by atoms with Gasteiger partial charge in [-0.15, -0.1) is 0 Å². The molecule has 3 heterocycles. The fraction of sp³-hybridized carbons (Fsp3) is 0.263. The molecular weight excluding hydrogens is 420 g/mol. The maximum atomic E-state index is 14.5. The lowest BCUT2D eigenvalue weighted by atomic mass is 10.1. The molecular formula is C19H16F4N6O2.